The van der Waals surface area contributed by atoms with Gasteiger partial charge in [0.1, 0.15) is 9.63 Å². The first-order valence-corrected chi connectivity index (χ1v) is 7.02. The van der Waals surface area contributed by atoms with E-state index in [0.717, 1.165) is 30.5 Å². The monoisotopic (exact) mass is 324 g/mol. The van der Waals surface area contributed by atoms with Gasteiger partial charge in [0.2, 0.25) is 0 Å². The number of hydrogen-bond donors (Lipinski definition) is 1. The van der Waals surface area contributed by atoms with Gasteiger partial charge < -0.3 is 5.32 Å². The molecule has 1 aliphatic rings. The minimum Gasteiger partial charge on any atom is -0.317 e. The lowest BCUT2D eigenvalue weighted by Crippen LogP contribution is -2.33. The number of halogens is 2. The normalized spacial score (nSPS) is 18.8. The second-order valence-electron chi connectivity index (χ2n) is 3.55. The van der Waals surface area contributed by atoms with E-state index < -0.39 is 10.8 Å². The molecule has 1 aliphatic heterocycles. The Labute approximate surface area is 112 Å². The standard InChI is InChI=1S/C10H13BrN2OS.ClH/c11-9-2-1-3-10(13-9)15(14)8-4-6-12-7-5-8;/h1-3,8,12H,4-7H2;1H. The van der Waals surface area contributed by atoms with Crippen molar-refractivity contribution in [3.05, 3.63) is 22.8 Å². The Morgan fingerprint density at radius 2 is 2.06 bits per heavy atom. The van der Waals surface area contributed by atoms with E-state index >= 15 is 0 Å². The summed E-state index contributed by atoms with van der Waals surface area (Å²) < 4.78 is 12.9. The minimum atomic E-state index is -0.961. The smallest absolute Gasteiger partial charge is 0.128 e. The van der Waals surface area contributed by atoms with Gasteiger partial charge in [-0.2, -0.15) is 0 Å². The van der Waals surface area contributed by atoms with E-state index in [0.29, 0.717) is 5.03 Å². The molecule has 2 heterocycles. The molecule has 1 unspecified atom stereocenters. The molecule has 1 atom stereocenters. The Kier molecular flexibility index (Phi) is 5.89. The van der Waals surface area contributed by atoms with Gasteiger partial charge in [0, 0.05) is 5.25 Å². The highest BCUT2D eigenvalue weighted by Gasteiger charge is 2.21. The van der Waals surface area contributed by atoms with Crippen LogP contribution in [0.5, 0.6) is 0 Å². The van der Waals surface area contributed by atoms with Crippen molar-refractivity contribution in [3.8, 4) is 0 Å². The largest absolute Gasteiger partial charge is 0.317 e. The van der Waals surface area contributed by atoms with Gasteiger partial charge in [-0.25, -0.2) is 4.98 Å². The van der Waals surface area contributed by atoms with E-state index in [1.807, 2.05) is 18.2 Å². The molecule has 6 heteroatoms. The van der Waals surface area contributed by atoms with Crippen LogP contribution in [0.1, 0.15) is 12.8 Å². The van der Waals surface area contributed by atoms with Gasteiger partial charge in [-0.3, -0.25) is 4.21 Å². The highest BCUT2D eigenvalue weighted by Crippen LogP contribution is 2.18. The maximum absolute atomic E-state index is 12.2. The number of nitrogens with one attached hydrogen (secondary N) is 1. The molecule has 1 aromatic rings. The highest BCUT2D eigenvalue weighted by molar-refractivity contribution is 9.10. The van der Waals surface area contributed by atoms with Crippen molar-refractivity contribution >= 4 is 39.1 Å². The lowest BCUT2D eigenvalue weighted by Gasteiger charge is -2.21. The lowest BCUT2D eigenvalue weighted by atomic mass is 10.2. The number of pyridine rings is 1. The van der Waals surface area contributed by atoms with E-state index in [-0.39, 0.29) is 17.7 Å². The summed E-state index contributed by atoms with van der Waals surface area (Å²) in [6.07, 6.45) is 1.95. The number of aromatic nitrogens is 1. The molecule has 2 rings (SSSR count). The highest BCUT2D eigenvalue weighted by atomic mass is 79.9. The molecule has 1 aromatic heterocycles. The van der Waals surface area contributed by atoms with Crippen LogP contribution in [0, 0.1) is 0 Å². The first-order valence-electron chi connectivity index (χ1n) is 5.01. The molecule has 0 aliphatic carbocycles. The third-order valence-electron chi connectivity index (χ3n) is 2.48. The number of piperidine rings is 1. The molecule has 1 N–H and O–H groups in total. The van der Waals surface area contributed by atoms with Crippen molar-refractivity contribution in [2.75, 3.05) is 13.1 Å². The van der Waals surface area contributed by atoms with Gasteiger partial charge in [-0.1, -0.05) is 6.07 Å². The average molecular weight is 326 g/mol. The van der Waals surface area contributed by atoms with Crippen LogP contribution in [0.15, 0.2) is 27.8 Å². The first-order chi connectivity index (χ1) is 7.27. The quantitative estimate of drug-likeness (QED) is 0.847. The zero-order valence-corrected chi connectivity index (χ0v) is 11.9. The van der Waals surface area contributed by atoms with Gasteiger partial charge in [0.05, 0.1) is 10.8 Å². The van der Waals surface area contributed by atoms with Crippen LogP contribution >= 0.6 is 28.3 Å². The minimum absolute atomic E-state index is 0. The molecular formula is C10H14BrClN2OS. The molecule has 3 nitrogen and oxygen atoms in total. The molecule has 1 saturated heterocycles. The fraction of sp³-hybridized carbons (Fsp3) is 0.500. The topological polar surface area (TPSA) is 42.0 Å². The molecule has 0 amide bonds. The van der Waals surface area contributed by atoms with Gasteiger partial charge >= 0.3 is 0 Å². The van der Waals surface area contributed by atoms with Crippen molar-refractivity contribution in [1.82, 2.24) is 10.3 Å². The summed E-state index contributed by atoms with van der Waals surface area (Å²) in [4.78, 5) is 4.24. The Hall–Kier alpha value is 0.0300. The van der Waals surface area contributed by atoms with Crippen LogP contribution in [-0.2, 0) is 10.8 Å². The Balaban J connectivity index is 0.00000128. The third-order valence-corrected chi connectivity index (χ3v) is 4.64. The summed E-state index contributed by atoms with van der Waals surface area (Å²) in [6.45, 7) is 1.93. The molecule has 0 spiro atoms. The van der Waals surface area contributed by atoms with Crippen LogP contribution in [-0.4, -0.2) is 27.5 Å². The zero-order chi connectivity index (χ0) is 10.7. The SMILES string of the molecule is Cl.O=S(c1cccc(Br)n1)C1CCNCC1. The summed E-state index contributed by atoms with van der Waals surface area (Å²) in [5.74, 6) is 0. The van der Waals surface area contributed by atoms with Crippen molar-refractivity contribution in [3.63, 3.8) is 0 Å². The third kappa shape index (κ3) is 3.52. The maximum atomic E-state index is 12.2. The van der Waals surface area contributed by atoms with E-state index in [2.05, 4.69) is 26.2 Å². The molecule has 0 bridgehead atoms. The molecule has 1 fully saturated rings. The molecule has 0 aromatic carbocycles. The maximum Gasteiger partial charge on any atom is 0.128 e. The predicted octanol–water partition coefficient (Wildman–Crippen LogP) is 2.13. The Bertz CT molecular complexity index is 372. The summed E-state index contributed by atoms with van der Waals surface area (Å²) in [7, 11) is -0.961. The Morgan fingerprint density at radius 1 is 1.38 bits per heavy atom. The van der Waals surface area contributed by atoms with Gasteiger partial charge in [0.25, 0.3) is 0 Å². The van der Waals surface area contributed by atoms with Crippen LogP contribution in [0.3, 0.4) is 0 Å². The lowest BCUT2D eigenvalue weighted by molar-refractivity contribution is 0.519. The molecular weight excluding hydrogens is 312 g/mol. The first kappa shape index (κ1) is 14.1. The molecule has 16 heavy (non-hydrogen) atoms. The molecule has 0 radical (unpaired) electrons. The predicted molar refractivity (Wildman–Crippen MR) is 71.5 cm³/mol. The van der Waals surface area contributed by atoms with E-state index in [9.17, 15) is 4.21 Å². The van der Waals surface area contributed by atoms with Crippen LogP contribution < -0.4 is 5.32 Å². The fourth-order valence-electron chi connectivity index (χ4n) is 1.68. The van der Waals surface area contributed by atoms with E-state index in [4.69, 9.17) is 0 Å². The number of nitrogens with zero attached hydrogens (tertiary/aromatic N) is 1. The van der Waals surface area contributed by atoms with Crippen molar-refractivity contribution in [2.24, 2.45) is 0 Å². The number of hydrogen-bond acceptors (Lipinski definition) is 3. The summed E-state index contributed by atoms with van der Waals surface area (Å²) in [6, 6.07) is 5.57. The Morgan fingerprint density at radius 3 is 2.69 bits per heavy atom. The van der Waals surface area contributed by atoms with Gasteiger partial charge in [0.15, 0.2) is 0 Å². The van der Waals surface area contributed by atoms with Gasteiger partial charge in [-0.05, 0) is 54.0 Å². The van der Waals surface area contributed by atoms with E-state index in [1.54, 1.807) is 0 Å². The second kappa shape index (κ2) is 6.69. The zero-order valence-electron chi connectivity index (χ0n) is 8.69. The van der Waals surface area contributed by atoms with Crippen molar-refractivity contribution in [1.29, 1.82) is 0 Å². The molecule has 90 valence electrons. The fourth-order valence-corrected chi connectivity index (χ4v) is 3.55. The average Bonchev–Trinajstić information content (AvgIpc) is 2.29. The van der Waals surface area contributed by atoms with Crippen LogP contribution in [0.4, 0.5) is 0 Å². The summed E-state index contributed by atoms with van der Waals surface area (Å²) >= 11 is 3.30. The van der Waals surface area contributed by atoms with Crippen molar-refractivity contribution in [2.45, 2.75) is 23.1 Å². The number of rotatable bonds is 2. The summed E-state index contributed by atoms with van der Waals surface area (Å²) in [5, 5.41) is 4.22. The van der Waals surface area contributed by atoms with Gasteiger partial charge in [-0.15, -0.1) is 12.4 Å². The van der Waals surface area contributed by atoms with Crippen LogP contribution in [0.2, 0.25) is 0 Å². The summed E-state index contributed by atoms with van der Waals surface area (Å²) in [5.41, 5.74) is 0. The van der Waals surface area contributed by atoms with Crippen LogP contribution in [0.25, 0.3) is 0 Å². The molecule has 0 saturated carbocycles. The van der Waals surface area contributed by atoms with Crippen molar-refractivity contribution < 1.29 is 4.21 Å². The van der Waals surface area contributed by atoms with E-state index in [1.165, 1.54) is 0 Å². The second-order valence-corrected chi connectivity index (χ2v) is 6.04.